The van der Waals surface area contributed by atoms with Crippen LogP contribution in [0.15, 0.2) is 41.9 Å². The van der Waals surface area contributed by atoms with Gasteiger partial charge in [0.15, 0.2) is 0 Å². The van der Waals surface area contributed by atoms with Gasteiger partial charge in [-0.25, -0.2) is 4.79 Å². The van der Waals surface area contributed by atoms with Crippen LogP contribution in [0, 0.1) is 23.2 Å². The molecule has 4 aliphatic carbocycles. The van der Waals surface area contributed by atoms with Crippen molar-refractivity contribution in [1.29, 1.82) is 0 Å². The van der Waals surface area contributed by atoms with E-state index in [2.05, 4.69) is 17.2 Å². The largest absolute Gasteiger partial charge is 0.445 e. The van der Waals surface area contributed by atoms with Crippen molar-refractivity contribution in [2.45, 2.75) is 38.5 Å². The molecule has 0 unspecified atom stereocenters. The van der Waals surface area contributed by atoms with Crippen molar-refractivity contribution in [3.63, 3.8) is 0 Å². The summed E-state index contributed by atoms with van der Waals surface area (Å²) in [6, 6.07) is 7.03. The summed E-state index contributed by atoms with van der Waals surface area (Å²) in [4.78, 5) is 27.7. The number of rotatable bonds is 6. The molecule has 0 aliphatic heterocycles. The Hall–Kier alpha value is -2.63. The minimum atomic E-state index is -0.564. The number of ether oxygens (including phenoxy) is 1. The molecular weight excluding hydrogens is 366 g/mol. The third-order valence-corrected chi connectivity index (χ3v) is 6.60. The Morgan fingerprint density at radius 2 is 1.76 bits per heavy atom. The first-order valence-corrected chi connectivity index (χ1v) is 10.5. The summed E-state index contributed by atoms with van der Waals surface area (Å²) < 4.78 is 5.06. The van der Waals surface area contributed by atoms with Gasteiger partial charge in [-0.15, -0.1) is 0 Å². The zero-order chi connectivity index (χ0) is 20.3. The normalized spacial score (nSPS) is 29.9. The van der Waals surface area contributed by atoms with Crippen LogP contribution >= 0.6 is 0 Å². The number of hydrogen-bond donors (Lipinski definition) is 2. The van der Waals surface area contributed by atoms with Gasteiger partial charge in [-0.1, -0.05) is 12.7 Å². The minimum absolute atomic E-state index is 0.141. The Labute approximate surface area is 171 Å². The summed E-state index contributed by atoms with van der Waals surface area (Å²) >= 11 is 0. The summed E-state index contributed by atoms with van der Waals surface area (Å²) in [5.74, 6) is 2.95. The first kappa shape index (κ1) is 19.7. The summed E-state index contributed by atoms with van der Waals surface area (Å²) in [6.07, 6.45) is 9.70. The molecule has 2 N–H and O–H groups in total. The number of benzene rings is 1. The number of anilines is 1. The molecule has 0 spiro atoms. The van der Waals surface area contributed by atoms with Crippen molar-refractivity contribution in [3.8, 4) is 0 Å². The molecule has 4 aliphatic rings. The molecule has 6 heteroatoms. The fraction of sp³-hybridized carbons (Fsp3) is 0.522. The lowest BCUT2D eigenvalue weighted by molar-refractivity contribution is -0.0465. The Kier molecular flexibility index (Phi) is 5.69. The maximum atomic E-state index is 12.1. The summed E-state index contributed by atoms with van der Waals surface area (Å²) in [5.41, 5.74) is 1.63. The molecule has 0 saturated heterocycles. The van der Waals surface area contributed by atoms with Crippen LogP contribution in [0.1, 0.15) is 48.9 Å². The highest BCUT2D eigenvalue weighted by Gasteiger charge is 2.50. The number of hydrogen-bond acceptors (Lipinski definition) is 4. The fourth-order valence-electron chi connectivity index (χ4n) is 5.89. The van der Waals surface area contributed by atoms with E-state index in [0.717, 1.165) is 29.7 Å². The summed E-state index contributed by atoms with van der Waals surface area (Å²) in [7, 11) is 0. The third-order valence-electron chi connectivity index (χ3n) is 6.60. The Bertz CT molecular complexity index is 765. The van der Waals surface area contributed by atoms with Gasteiger partial charge in [-0.3, -0.25) is 15.1 Å². The van der Waals surface area contributed by atoms with Gasteiger partial charge in [0, 0.05) is 17.8 Å². The molecule has 154 valence electrons. The van der Waals surface area contributed by atoms with Crippen LogP contribution in [-0.2, 0) is 4.74 Å². The lowest BCUT2D eigenvalue weighted by Gasteiger charge is -2.56. The zero-order valence-corrected chi connectivity index (χ0v) is 16.7. The highest BCUT2D eigenvalue weighted by Crippen LogP contribution is 2.60. The van der Waals surface area contributed by atoms with Crippen molar-refractivity contribution in [1.82, 2.24) is 5.32 Å². The van der Waals surface area contributed by atoms with Gasteiger partial charge in [-0.2, -0.15) is 0 Å². The highest BCUT2D eigenvalue weighted by atomic mass is 16.5. The smallest absolute Gasteiger partial charge is 0.414 e. The van der Waals surface area contributed by atoms with Gasteiger partial charge < -0.3 is 10.1 Å². The third kappa shape index (κ3) is 4.69. The average Bonchev–Trinajstić information content (AvgIpc) is 2.70. The van der Waals surface area contributed by atoms with Crippen molar-refractivity contribution >= 4 is 24.0 Å². The number of carbonyl (C=O) groups excluding carboxylic acids is 2. The molecule has 1 aromatic carbocycles. The maximum Gasteiger partial charge on any atom is 0.414 e. The van der Waals surface area contributed by atoms with Gasteiger partial charge in [0.1, 0.15) is 12.9 Å². The fourth-order valence-corrected chi connectivity index (χ4v) is 5.89. The molecule has 0 aromatic heterocycles. The number of carbonyl (C=O) groups is 2. The SMILES string of the molecule is C=CCOC(=O)NC(=NCC12CC3CC(CC(C3)C1)C2)Nc1ccc(C=O)cc1. The van der Waals surface area contributed by atoms with E-state index in [9.17, 15) is 9.59 Å². The van der Waals surface area contributed by atoms with Crippen LogP contribution in [-0.4, -0.2) is 31.5 Å². The molecular formula is C23H29N3O3. The van der Waals surface area contributed by atoms with E-state index in [0.29, 0.717) is 18.1 Å². The number of amides is 1. The lowest BCUT2D eigenvalue weighted by atomic mass is 9.49. The molecule has 4 fully saturated rings. The van der Waals surface area contributed by atoms with Gasteiger partial charge in [0.25, 0.3) is 0 Å². The number of aldehydes is 1. The number of alkyl carbamates (subject to hydrolysis) is 1. The van der Waals surface area contributed by atoms with Crippen LogP contribution in [0.3, 0.4) is 0 Å². The zero-order valence-electron chi connectivity index (χ0n) is 16.7. The van der Waals surface area contributed by atoms with Crippen molar-refractivity contribution in [2.24, 2.45) is 28.2 Å². The second-order valence-corrected chi connectivity index (χ2v) is 8.96. The van der Waals surface area contributed by atoms with Crippen molar-refractivity contribution < 1.29 is 14.3 Å². The predicted molar refractivity (Wildman–Crippen MR) is 113 cm³/mol. The first-order valence-electron chi connectivity index (χ1n) is 10.5. The van der Waals surface area contributed by atoms with E-state index >= 15 is 0 Å². The number of nitrogens with zero attached hydrogens (tertiary/aromatic N) is 1. The minimum Gasteiger partial charge on any atom is -0.445 e. The Morgan fingerprint density at radius 1 is 1.14 bits per heavy atom. The molecule has 1 aromatic rings. The van der Waals surface area contributed by atoms with Gasteiger partial charge >= 0.3 is 6.09 Å². The topological polar surface area (TPSA) is 79.8 Å². The van der Waals surface area contributed by atoms with Gasteiger partial charge in [0.05, 0.1) is 0 Å². The summed E-state index contributed by atoms with van der Waals surface area (Å²) in [6.45, 7) is 4.42. The van der Waals surface area contributed by atoms with Gasteiger partial charge in [-0.05, 0) is 86.0 Å². The molecule has 5 rings (SSSR count). The van der Waals surface area contributed by atoms with Crippen LogP contribution in [0.25, 0.3) is 0 Å². The molecule has 0 radical (unpaired) electrons. The number of guanidine groups is 1. The lowest BCUT2D eigenvalue weighted by Crippen LogP contribution is -2.48. The number of nitrogens with one attached hydrogen (secondary N) is 2. The standard InChI is InChI=1S/C23H29N3O3/c1-2-7-29-22(28)26-21(25-20-5-3-16(14-27)4-6-20)24-15-23-11-17-8-18(12-23)10-19(9-17)13-23/h2-6,14,17-19H,1,7-13,15H2,(H2,24,25,26,28). The summed E-state index contributed by atoms with van der Waals surface area (Å²) in [5, 5.41) is 5.89. The molecule has 4 bridgehead atoms. The van der Waals surface area contributed by atoms with Gasteiger partial charge in [0.2, 0.25) is 5.96 Å². The molecule has 0 heterocycles. The van der Waals surface area contributed by atoms with E-state index in [-0.39, 0.29) is 12.0 Å². The van der Waals surface area contributed by atoms with E-state index in [1.807, 2.05) is 0 Å². The second-order valence-electron chi connectivity index (χ2n) is 8.96. The van der Waals surface area contributed by atoms with Crippen molar-refractivity contribution in [2.75, 3.05) is 18.5 Å². The van der Waals surface area contributed by atoms with E-state index in [1.54, 1.807) is 24.3 Å². The highest BCUT2D eigenvalue weighted by molar-refractivity contribution is 6.02. The maximum absolute atomic E-state index is 12.1. The Morgan fingerprint density at radius 3 is 2.31 bits per heavy atom. The van der Waals surface area contributed by atoms with Crippen LogP contribution in [0.2, 0.25) is 0 Å². The van der Waals surface area contributed by atoms with Crippen LogP contribution in [0.5, 0.6) is 0 Å². The van der Waals surface area contributed by atoms with Crippen molar-refractivity contribution in [3.05, 3.63) is 42.5 Å². The van der Waals surface area contributed by atoms with E-state index in [1.165, 1.54) is 44.6 Å². The van der Waals surface area contributed by atoms with E-state index in [4.69, 9.17) is 9.73 Å². The molecule has 0 atom stereocenters. The number of aliphatic imine (C=N–C) groups is 1. The molecule has 6 nitrogen and oxygen atoms in total. The molecule has 29 heavy (non-hydrogen) atoms. The molecule has 4 saturated carbocycles. The second kappa shape index (κ2) is 8.39. The monoisotopic (exact) mass is 395 g/mol. The van der Waals surface area contributed by atoms with Crippen LogP contribution in [0.4, 0.5) is 10.5 Å². The van der Waals surface area contributed by atoms with E-state index < -0.39 is 6.09 Å². The molecule has 1 amide bonds. The first-order chi connectivity index (χ1) is 14.1. The Balaban J connectivity index is 1.48. The predicted octanol–water partition coefficient (Wildman–Crippen LogP) is 4.40. The quantitative estimate of drug-likeness (QED) is 0.324. The average molecular weight is 396 g/mol. The van der Waals surface area contributed by atoms with Crippen LogP contribution < -0.4 is 10.6 Å².